The van der Waals surface area contributed by atoms with Crippen LogP contribution < -0.4 is 11.3 Å². The first-order valence-corrected chi connectivity index (χ1v) is 7.46. The maximum absolute atomic E-state index is 6.05. The number of halogens is 2. The summed E-state index contributed by atoms with van der Waals surface area (Å²) in [6.07, 6.45) is 0.863. The van der Waals surface area contributed by atoms with Crippen molar-refractivity contribution in [3.8, 4) is 11.4 Å². The second-order valence-corrected chi connectivity index (χ2v) is 6.23. The standard InChI is InChI=1S/C14H16BrClN4/c1-8(2)5-10-7-13(20-17)19-14(18-10)11-6-9(16)3-4-12(11)15/h3-4,6-8H,5,17H2,1-2H3,(H,18,19,20). The molecular formula is C14H16BrClN4. The molecule has 0 saturated heterocycles. The third kappa shape index (κ3) is 3.69. The van der Waals surface area contributed by atoms with E-state index < -0.39 is 0 Å². The number of hydrogen-bond donors (Lipinski definition) is 2. The molecule has 0 fully saturated rings. The van der Waals surface area contributed by atoms with Crippen molar-refractivity contribution in [2.24, 2.45) is 11.8 Å². The molecule has 0 amide bonds. The number of rotatable bonds is 4. The molecule has 20 heavy (non-hydrogen) atoms. The Bertz CT molecular complexity index is 616. The van der Waals surface area contributed by atoms with Crippen LogP contribution in [0.1, 0.15) is 19.5 Å². The zero-order valence-corrected chi connectivity index (χ0v) is 13.7. The van der Waals surface area contributed by atoms with Gasteiger partial charge >= 0.3 is 0 Å². The molecule has 0 unspecified atom stereocenters. The summed E-state index contributed by atoms with van der Waals surface area (Å²) in [6, 6.07) is 7.39. The number of nitrogens with one attached hydrogen (secondary N) is 1. The number of nitrogens with zero attached hydrogens (tertiary/aromatic N) is 2. The lowest BCUT2D eigenvalue weighted by atomic mass is 10.1. The first-order chi connectivity index (χ1) is 9.49. The van der Waals surface area contributed by atoms with E-state index in [0.717, 1.165) is 22.2 Å². The molecule has 0 radical (unpaired) electrons. The van der Waals surface area contributed by atoms with Gasteiger partial charge in [-0.15, -0.1) is 0 Å². The van der Waals surface area contributed by atoms with Gasteiger partial charge in [0.15, 0.2) is 5.82 Å². The second kappa shape index (κ2) is 6.52. The Morgan fingerprint density at radius 2 is 2.05 bits per heavy atom. The van der Waals surface area contributed by atoms with E-state index in [1.807, 2.05) is 24.3 Å². The summed E-state index contributed by atoms with van der Waals surface area (Å²) in [6.45, 7) is 4.29. The molecule has 0 saturated carbocycles. The lowest BCUT2D eigenvalue weighted by molar-refractivity contribution is 0.635. The van der Waals surface area contributed by atoms with Crippen LogP contribution in [0.25, 0.3) is 11.4 Å². The minimum absolute atomic E-state index is 0.506. The molecule has 2 aromatic rings. The van der Waals surface area contributed by atoms with Gasteiger partial charge in [-0.25, -0.2) is 15.8 Å². The third-order valence-corrected chi connectivity index (χ3v) is 3.64. The van der Waals surface area contributed by atoms with E-state index in [-0.39, 0.29) is 0 Å². The van der Waals surface area contributed by atoms with Gasteiger partial charge in [0, 0.05) is 26.8 Å². The molecule has 4 nitrogen and oxygen atoms in total. The molecule has 1 aromatic carbocycles. The predicted molar refractivity (Wildman–Crippen MR) is 86.5 cm³/mol. The van der Waals surface area contributed by atoms with Gasteiger partial charge in [-0.05, 0) is 30.5 Å². The molecule has 2 rings (SSSR count). The van der Waals surface area contributed by atoms with Gasteiger partial charge in [-0.3, -0.25) is 0 Å². The van der Waals surface area contributed by atoms with Crippen molar-refractivity contribution >= 4 is 33.3 Å². The van der Waals surface area contributed by atoms with Crippen LogP contribution in [0.5, 0.6) is 0 Å². The Kier molecular flexibility index (Phi) is 4.96. The highest BCUT2D eigenvalue weighted by Crippen LogP contribution is 2.29. The monoisotopic (exact) mass is 354 g/mol. The van der Waals surface area contributed by atoms with E-state index in [1.54, 1.807) is 0 Å². The van der Waals surface area contributed by atoms with Gasteiger partial charge in [-0.1, -0.05) is 41.4 Å². The van der Waals surface area contributed by atoms with Crippen LogP contribution in [0, 0.1) is 5.92 Å². The average Bonchev–Trinajstić information content (AvgIpc) is 2.40. The van der Waals surface area contributed by atoms with Crippen molar-refractivity contribution in [1.29, 1.82) is 0 Å². The molecule has 106 valence electrons. The van der Waals surface area contributed by atoms with Gasteiger partial charge < -0.3 is 5.43 Å². The molecule has 6 heteroatoms. The number of aromatic nitrogens is 2. The Labute approximate surface area is 131 Å². The van der Waals surface area contributed by atoms with Crippen molar-refractivity contribution in [3.05, 3.63) is 39.5 Å². The molecule has 3 N–H and O–H groups in total. The maximum Gasteiger partial charge on any atom is 0.163 e. The van der Waals surface area contributed by atoms with E-state index in [4.69, 9.17) is 17.4 Å². The summed E-state index contributed by atoms with van der Waals surface area (Å²) in [4.78, 5) is 8.99. The molecule has 1 aromatic heterocycles. The minimum Gasteiger partial charge on any atom is -0.308 e. The van der Waals surface area contributed by atoms with Crippen molar-refractivity contribution in [3.63, 3.8) is 0 Å². The van der Waals surface area contributed by atoms with Crippen LogP contribution >= 0.6 is 27.5 Å². The lowest BCUT2D eigenvalue weighted by Crippen LogP contribution is -2.11. The van der Waals surface area contributed by atoms with Crippen molar-refractivity contribution in [2.75, 3.05) is 5.43 Å². The number of nitrogens with two attached hydrogens (primary N) is 1. The summed E-state index contributed by atoms with van der Waals surface area (Å²) in [5.74, 6) is 7.19. The van der Waals surface area contributed by atoms with Crippen LogP contribution in [0.3, 0.4) is 0 Å². The molecule has 0 spiro atoms. The van der Waals surface area contributed by atoms with E-state index in [0.29, 0.717) is 22.6 Å². The first-order valence-electron chi connectivity index (χ1n) is 6.29. The summed E-state index contributed by atoms with van der Waals surface area (Å²) < 4.78 is 0.895. The van der Waals surface area contributed by atoms with Crippen molar-refractivity contribution in [2.45, 2.75) is 20.3 Å². The Morgan fingerprint density at radius 1 is 1.30 bits per heavy atom. The van der Waals surface area contributed by atoms with Gasteiger partial charge in [0.05, 0.1) is 0 Å². The van der Waals surface area contributed by atoms with E-state index in [2.05, 4.69) is 45.2 Å². The van der Waals surface area contributed by atoms with Gasteiger partial charge in [-0.2, -0.15) is 0 Å². The number of hydrogen-bond acceptors (Lipinski definition) is 4. The van der Waals surface area contributed by atoms with Gasteiger partial charge in [0.2, 0.25) is 0 Å². The zero-order chi connectivity index (χ0) is 14.7. The summed E-state index contributed by atoms with van der Waals surface area (Å²) in [7, 11) is 0. The Morgan fingerprint density at radius 3 is 2.70 bits per heavy atom. The average molecular weight is 356 g/mol. The number of benzene rings is 1. The van der Waals surface area contributed by atoms with Gasteiger partial charge in [0.25, 0.3) is 0 Å². The number of nitrogen functional groups attached to an aromatic ring is 1. The van der Waals surface area contributed by atoms with Gasteiger partial charge in [0.1, 0.15) is 5.82 Å². The predicted octanol–water partition coefficient (Wildman–Crippen LogP) is 4.04. The number of anilines is 1. The smallest absolute Gasteiger partial charge is 0.163 e. The molecule has 0 aliphatic carbocycles. The lowest BCUT2D eigenvalue weighted by Gasteiger charge is -2.10. The second-order valence-electron chi connectivity index (χ2n) is 4.93. The highest BCUT2D eigenvalue weighted by Gasteiger charge is 2.11. The largest absolute Gasteiger partial charge is 0.308 e. The highest BCUT2D eigenvalue weighted by atomic mass is 79.9. The molecular weight excluding hydrogens is 340 g/mol. The fraction of sp³-hybridized carbons (Fsp3) is 0.286. The van der Waals surface area contributed by atoms with Crippen molar-refractivity contribution in [1.82, 2.24) is 9.97 Å². The fourth-order valence-corrected chi connectivity index (χ4v) is 2.48. The van der Waals surface area contributed by atoms with Crippen LogP contribution in [-0.2, 0) is 6.42 Å². The van der Waals surface area contributed by atoms with Crippen LogP contribution in [-0.4, -0.2) is 9.97 Å². The van der Waals surface area contributed by atoms with Crippen molar-refractivity contribution < 1.29 is 0 Å². The topological polar surface area (TPSA) is 63.8 Å². The summed E-state index contributed by atoms with van der Waals surface area (Å²) >= 11 is 9.55. The van der Waals surface area contributed by atoms with E-state index in [1.165, 1.54) is 0 Å². The normalized spacial score (nSPS) is 10.9. The van der Waals surface area contributed by atoms with Crippen LogP contribution in [0.2, 0.25) is 5.02 Å². The van der Waals surface area contributed by atoms with Crippen LogP contribution in [0.15, 0.2) is 28.7 Å². The summed E-state index contributed by atoms with van der Waals surface area (Å²) in [5.41, 5.74) is 4.38. The molecule has 0 atom stereocenters. The Hall–Kier alpha value is -1.17. The summed E-state index contributed by atoms with van der Waals surface area (Å²) in [5, 5.41) is 0.642. The quantitative estimate of drug-likeness (QED) is 0.641. The highest BCUT2D eigenvalue weighted by molar-refractivity contribution is 9.10. The first kappa shape index (κ1) is 15.2. The Balaban J connectivity index is 2.52. The number of hydrazine groups is 1. The molecule has 0 bridgehead atoms. The van der Waals surface area contributed by atoms with E-state index >= 15 is 0 Å². The molecule has 0 aliphatic heterocycles. The zero-order valence-electron chi connectivity index (χ0n) is 11.3. The van der Waals surface area contributed by atoms with E-state index in [9.17, 15) is 0 Å². The SMILES string of the molecule is CC(C)Cc1cc(NN)nc(-c2cc(Cl)ccc2Br)n1. The van der Waals surface area contributed by atoms with Crippen LogP contribution in [0.4, 0.5) is 5.82 Å². The minimum atomic E-state index is 0.506. The fourth-order valence-electron chi connectivity index (χ4n) is 1.88. The molecule has 1 heterocycles. The molecule has 0 aliphatic rings. The maximum atomic E-state index is 6.05. The third-order valence-electron chi connectivity index (χ3n) is 2.71.